The molecule has 0 radical (unpaired) electrons. The molecule has 0 amide bonds. The van der Waals surface area contributed by atoms with E-state index in [1.165, 1.54) is 32.1 Å². The molecule has 2 fully saturated rings. The molecular formula is C15H24O. The van der Waals surface area contributed by atoms with Gasteiger partial charge in [-0.1, -0.05) is 25.5 Å². The van der Waals surface area contributed by atoms with E-state index < -0.39 is 0 Å². The highest BCUT2D eigenvalue weighted by Crippen LogP contribution is 2.66. The van der Waals surface area contributed by atoms with Gasteiger partial charge in [-0.2, -0.15) is 0 Å². The topological polar surface area (TPSA) is 12.5 Å². The van der Waals surface area contributed by atoms with Crippen molar-refractivity contribution in [3.8, 4) is 0 Å². The summed E-state index contributed by atoms with van der Waals surface area (Å²) in [6, 6.07) is 0. The molecule has 0 aromatic carbocycles. The van der Waals surface area contributed by atoms with Gasteiger partial charge in [0.15, 0.2) is 0 Å². The lowest BCUT2D eigenvalue weighted by Crippen LogP contribution is -2.40. The quantitative estimate of drug-likeness (QED) is 0.442. The van der Waals surface area contributed by atoms with Crippen molar-refractivity contribution in [2.75, 3.05) is 0 Å². The zero-order chi connectivity index (χ0) is 11.6. The van der Waals surface area contributed by atoms with Crippen LogP contribution < -0.4 is 0 Å². The predicted molar refractivity (Wildman–Crippen MR) is 66.3 cm³/mol. The smallest absolute Gasteiger partial charge is 0.105 e. The van der Waals surface area contributed by atoms with Crippen LogP contribution >= 0.6 is 0 Å². The summed E-state index contributed by atoms with van der Waals surface area (Å²) in [5.74, 6) is 0.640. The molecule has 1 aliphatic heterocycles. The first kappa shape index (κ1) is 10.8. The highest BCUT2D eigenvalue weighted by Gasteiger charge is 2.72. The van der Waals surface area contributed by atoms with E-state index in [0.717, 1.165) is 0 Å². The number of hydrogen-bond acceptors (Lipinski definition) is 1. The zero-order valence-electron chi connectivity index (χ0n) is 11.1. The van der Waals surface area contributed by atoms with Crippen LogP contribution in [-0.2, 0) is 4.74 Å². The van der Waals surface area contributed by atoms with Crippen LogP contribution in [0, 0.1) is 11.3 Å². The standard InChI is InChI=1S/C15H24O/c1-11-6-9-15-12(10-11)13(2,3)7-5-8-14(15,4)16-15/h10,12H,5-9H2,1-4H3. The van der Waals surface area contributed by atoms with Crippen LogP contribution in [-0.4, -0.2) is 11.2 Å². The van der Waals surface area contributed by atoms with Crippen LogP contribution in [0.4, 0.5) is 0 Å². The van der Waals surface area contributed by atoms with Gasteiger partial charge in [0, 0.05) is 5.92 Å². The maximum absolute atomic E-state index is 6.28. The molecule has 1 heterocycles. The van der Waals surface area contributed by atoms with Crippen molar-refractivity contribution in [3.63, 3.8) is 0 Å². The van der Waals surface area contributed by atoms with Crippen LogP contribution in [0.5, 0.6) is 0 Å². The molecule has 90 valence electrons. The lowest BCUT2D eigenvalue weighted by atomic mass is 9.64. The van der Waals surface area contributed by atoms with Crippen LogP contribution in [0.15, 0.2) is 11.6 Å². The zero-order valence-corrected chi connectivity index (χ0v) is 11.1. The van der Waals surface area contributed by atoms with Gasteiger partial charge in [-0.05, 0) is 51.4 Å². The molecule has 0 aromatic heterocycles. The van der Waals surface area contributed by atoms with E-state index in [4.69, 9.17) is 4.74 Å². The number of epoxide rings is 1. The molecule has 3 rings (SSSR count). The van der Waals surface area contributed by atoms with Crippen molar-refractivity contribution in [1.82, 2.24) is 0 Å². The van der Waals surface area contributed by atoms with E-state index in [9.17, 15) is 0 Å². The van der Waals surface area contributed by atoms with Gasteiger partial charge >= 0.3 is 0 Å². The van der Waals surface area contributed by atoms with E-state index in [1.807, 2.05) is 0 Å². The van der Waals surface area contributed by atoms with Crippen molar-refractivity contribution in [2.24, 2.45) is 11.3 Å². The Morgan fingerprint density at radius 3 is 2.69 bits per heavy atom. The fourth-order valence-electron chi connectivity index (χ4n) is 4.28. The van der Waals surface area contributed by atoms with Crippen molar-refractivity contribution in [3.05, 3.63) is 11.6 Å². The molecule has 1 heteroatoms. The average Bonchev–Trinajstić information content (AvgIpc) is 2.76. The molecule has 1 nitrogen and oxygen atoms in total. The van der Waals surface area contributed by atoms with Gasteiger partial charge in [0.05, 0.1) is 5.60 Å². The molecule has 3 atom stereocenters. The summed E-state index contributed by atoms with van der Waals surface area (Å²) in [5, 5.41) is 0. The van der Waals surface area contributed by atoms with E-state index >= 15 is 0 Å². The van der Waals surface area contributed by atoms with Gasteiger partial charge in [-0.15, -0.1) is 0 Å². The minimum absolute atomic E-state index is 0.197. The van der Waals surface area contributed by atoms with Crippen LogP contribution in [0.2, 0.25) is 0 Å². The van der Waals surface area contributed by atoms with Gasteiger partial charge in [-0.3, -0.25) is 0 Å². The Balaban J connectivity index is 2.05. The van der Waals surface area contributed by atoms with Gasteiger partial charge in [0.2, 0.25) is 0 Å². The summed E-state index contributed by atoms with van der Waals surface area (Å²) in [7, 11) is 0. The molecule has 0 aromatic rings. The third kappa shape index (κ3) is 1.21. The normalized spacial score (nSPS) is 49.8. The van der Waals surface area contributed by atoms with E-state index in [0.29, 0.717) is 11.3 Å². The van der Waals surface area contributed by atoms with Crippen molar-refractivity contribution >= 4 is 0 Å². The molecule has 16 heavy (non-hydrogen) atoms. The van der Waals surface area contributed by atoms with Gasteiger partial charge in [-0.25, -0.2) is 0 Å². The molecule has 1 spiro atoms. The van der Waals surface area contributed by atoms with Crippen LogP contribution in [0.1, 0.15) is 59.8 Å². The Labute approximate surface area is 99.3 Å². The SMILES string of the molecule is CC1=CC2C(C)(C)CCCC3(C)OC23CC1. The fraction of sp³-hybridized carbons (Fsp3) is 0.867. The second-order valence-electron chi connectivity index (χ2n) is 7.06. The van der Waals surface area contributed by atoms with Crippen molar-refractivity contribution in [1.29, 1.82) is 0 Å². The summed E-state index contributed by atoms with van der Waals surface area (Å²) >= 11 is 0. The lowest BCUT2D eigenvalue weighted by Gasteiger charge is -2.39. The maximum Gasteiger partial charge on any atom is 0.105 e. The Kier molecular flexibility index (Phi) is 1.98. The average molecular weight is 220 g/mol. The van der Waals surface area contributed by atoms with Crippen molar-refractivity contribution < 1.29 is 4.74 Å². The van der Waals surface area contributed by atoms with Gasteiger partial charge < -0.3 is 4.74 Å². The lowest BCUT2D eigenvalue weighted by molar-refractivity contribution is 0.105. The van der Waals surface area contributed by atoms with E-state index in [-0.39, 0.29) is 11.2 Å². The Hall–Kier alpha value is -0.300. The number of hydrogen-bond donors (Lipinski definition) is 0. The first-order valence-electron chi connectivity index (χ1n) is 6.77. The number of allylic oxidation sites excluding steroid dienone is 1. The van der Waals surface area contributed by atoms with E-state index in [2.05, 4.69) is 33.8 Å². The third-order valence-electron chi connectivity index (χ3n) is 5.42. The first-order chi connectivity index (χ1) is 7.40. The molecule has 3 unspecified atom stereocenters. The van der Waals surface area contributed by atoms with Crippen LogP contribution in [0.3, 0.4) is 0 Å². The summed E-state index contributed by atoms with van der Waals surface area (Å²) in [4.78, 5) is 0. The second kappa shape index (κ2) is 2.93. The highest BCUT2D eigenvalue weighted by atomic mass is 16.6. The summed E-state index contributed by atoms with van der Waals surface area (Å²) in [6.45, 7) is 9.49. The minimum Gasteiger partial charge on any atom is -0.362 e. The Bertz CT molecular complexity index is 354. The third-order valence-corrected chi connectivity index (χ3v) is 5.42. The monoisotopic (exact) mass is 220 g/mol. The summed E-state index contributed by atoms with van der Waals surface area (Å²) in [5.41, 5.74) is 2.38. The highest BCUT2D eigenvalue weighted by molar-refractivity contribution is 5.29. The first-order valence-corrected chi connectivity index (χ1v) is 6.77. The minimum atomic E-state index is 0.197. The van der Waals surface area contributed by atoms with Gasteiger partial charge in [0.1, 0.15) is 5.60 Å². The molecule has 2 aliphatic carbocycles. The molecule has 0 N–H and O–H groups in total. The molecule has 3 aliphatic rings. The van der Waals surface area contributed by atoms with E-state index in [1.54, 1.807) is 5.57 Å². The molecule has 1 saturated heterocycles. The summed E-state index contributed by atoms with van der Waals surface area (Å²) < 4.78 is 6.28. The predicted octanol–water partition coefficient (Wildman–Crippen LogP) is 4.08. The number of rotatable bonds is 0. The van der Waals surface area contributed by atoms with Crippen molar-refractivity contribution in [2.45, 2.75) is 71.0 Å². The summed E-state index contributed by atoms with van der Waals surface area (Å²) in [6.07, 6.45) is 8.96. The molecule has 0 bridgehead atoms. The molecular weight excluding hydrogens is 196 g/mol. The fourth-order valence-corrected chi connectivity index (χ4v) is 4.28. The Morgan fingerprint density at radius 2 is 1.94 bits per heavy atom. The number of ether oxygens (including phenoxy) is 1. The van der Waals surface area contributed by atoms with Gasteiger partial charge in [0.25, 0.3) is 0 Å². The molecule has 1 saturated carbocycles. The van der Waals surface area contributed by atoms with Crippen LogP contribution in [0.25, 0.3) is 0 Å². The second-order valence-corrected chi connectivity index (χ2v) is 7.06. The maximum atomic E-state index is 6.28. The Morgan fingerprint density at radius 1 is 1.19 bits per heavy atom. The largest absolute Gasteiger partial charge is 0.362 e.